The number of hydrogen-bond acceptors (Lipinski definition) is 2. The zero-order chi connectivity index (χ0) is 13.5. The van der Waals surface area contributed by atoms with Gasteiger partial charge < -0.3 is 10.5 Å². The van der Waals surface area contributed by atoms with Crippen LogP contribution in [0.1, 0.15) is 51.0 Å². The fourth-order valence-electron chi connectivity index (χ4n) is 2.74. The molecule has 2 heteroatoms. The van der Waals surface area contributed by atoms with Gasteiger partial charge in [-0.05, 0) is 49.3 Å². The fraction of sp³-hybridized carbons (Fsp3) is 0.647. The van der Waals surface area contributed by atoms with Crippen molar-refractivity contribution in [2.24, 2.45) is 11.7 Å². The van der Waals surface area contributed by atoms with Crippen LogP contribution in [0.5, 0.6) is 5.75 Å². The van der Waals surface area contributed by atoms with E-state index in [2.05, 4.69) is 31.2 Å². The second kappa shape index (κ2) is 7.54. The zero-order valence-electron chi connectivity index (χ0n) is 12.1. The Hall–Kier alpha value is -1.02. The normalized spacial score (nSPS) is 18.2. The number of rotatable bonds is 6. The third kappa shape index (κ3) is 4.87. The van der Waals surface area contributed by atoms with Crippen molar-refractivity contribution in [2.45, 2.75) is 57.9 Å². The Balaban J connectivity index is 1.77. The molecule has 2 nitrogen and oxygen atoms in total. The Morgan fingerprint density at radius 1 is 1.16 bits per heavy atom. The van der Waals surface area contributed by atoms with Gasteiger partial charge in [-0.2, -0.15) is 0 Å². The van der Waals surface area contributed by atoms with Crippen LogP contribution in [-0.4, -0.2) is 12.6 Å². The molecule has 106 valence electrons. The van der Waals surface area contributed by atoms with Crippen molar-refractivity contribution in [1.82, 2.24) is 0 Å². The summed E-state index contributed by atoms with van der Waals surface area (Å²) in [4.78, 5) is 0. The van der Waals surface area contributed by atoms with E-state index in [1.807, 2.05) is 0 Å². The molecule has 1 aromatic carbocycles. The standard InChI is InChI=1S/C17H27NO/c1-2-16(18)12-14-8-10-17(11-9-14)19-13-15-6-4-3-5-7-15/h8-11,15-16H,2-7,12-13,18H2,1H3. The highest BCUT2D eigenvalue weighted by Crippen LogP contribution is 2.24. The second-order valence-corrected chi connectivity index (χ2v) is 5.83. The van der Waals surface area contributed by atoms with Crippen LogP contribution >= 0.6 is 0 Å². The van der Waals surface area contributed by atoms with Gasteiger partial charge in [0.15, 0.2) is 0 Å². The van der Waals surface area contributed by atoms with E-state index in [1.165, 1.54) is 37.7 Å². The molecule has 0 spiro atoms. The number of ether oxygens (including phenoxy) is 1. The summed E-state index contributed by atoms with van der Waals surface area (Å²) in [5.74, 6) is 1.77. The molecule has 0 saturated heterocycles. The fourth-order valence-corrected chi connectivity index (χ4v) is 2.74. The molecular weight excluding hydrogens is 234 g/mol. The van der Waals surface area contributed by atoms with Gasteiger partial charge in [-0.25, -0.2) is 0 Å². The van der Waals surface area contributed by atoms with Crippen LogP contribution in [0.4, 0.5) is 0 Å². The minimum atomic E-state index is 0.272. The molecule has 1 unspecified atom stereocenters. The highest BCUT2D eigenvalue weighted by atomic mass is 16.5. The van der Waals surface area contributed by atoms with Gasteiger partial charge in [-0.3, -0.25) is 0 Å². The summed E-state index contributed by atoms with van der Waals surface area (Å²) < 4.78 is 5.90. The van der Waals surface area contributed by atoms with Crippen molar-refractivity contribution >= 4 is 0 Å². The van der Waals surface area contributed by atoms with E-state index in [4.69, 9.17) is 10.5 Å². The molecule has 0 amide bonds. The van der Waals surface area contributed by atoms with Crippen molar-refractivity contribution < 1.29 is 4.74 Å². The van der Waals surface area contributed by atoms with Crippen LogP contribution in [0.25, 0.3) is 0 Å². The third-order valence-corrected chi connectivity index (χ3v) is 4.16. The lowest BCUT2D eigenvalue weighted by Crippen LogP contribution is -2.21. The average Bonchev–Trinajstić information content (AvgIpc) is 2.47. The molecule has 0 bridgehead atoms. The summed E-state index contributed by atoms with van der Waals surface area (Å²) >= 11 is 0. The molecule has 0 aliphatic heterocycles. The SMILES string of the molecule is CCC(N)Cc1ccc(OCC2CCCCC2)cc1. The first kappa shape index (κ1) is 14.4. The smallest absolute Gasteiger partial charge is 0.119 e. The molecule has 19 heavy (non-hydrogen) atoms. The van der Waals surface area contributed by atoms with E-state index in [9.17, 15) is 0 Å². The Morgan fingerprint density at radius 2 is 1.84 bits per heavy atom. The topological polar surface area (TPSA) is 35.2 Å². The van der Waals surface area contributed by atoms with Gasteiger partial charge >= 0.3 is 0 Å². The summed E-state index contributed by atoms with van der Waals surface area (Å²) in [7, 11) is 0. The lowest BCUT2D eigenvalue weighted by Gasteiger charge is -2.21. The van der Waals surface area contributed by atoms with Crippen molar-refractivity contribution in [2.75, 3.05) is 6.61 Å². The predicted molar refractivity (Wildman–Crippen MR) is 80.5 cm³/mol. The van der Waals surface area contributed by atoms with E-state index in [-0.39, 0.29) is 6.04 Å². The first-order valence-electron chi connectivity index (χ1n) is 7.75. The van der Waals surface area contributed by atoms with E-state index >= 15 is 0 Å². The van der Waals surface area contributed by atoms with E-state index in [1.54, 1.807) is 0 Å². The molecule has 1 fully saturated rings. The molecular formula is C17H27NO. The van der Waals surface area contributed by atoms with Gasteiger partial charge in [0, 0.05) is 6.04 Å². The summed E-state index contributed by atoms with van der Waals surface area (Å²) in [5, 5.41) is 0. The molecule has 0 radical (unpaired) electrons. The van der Waals surface area contributed by atoms with E-state index in [0.29, 0.717) is 0 Å². The van der Waals surface area contributed by atoms with E-state index < -0.39 is 0 Å². The van der Waals surface area contributed by atoms with Gasteiger partial charge in [-0.15, -0.1) is 0 Å². The second-order valence-electron chi connectivity index (χ2n) is 5.83. The lowest BCUT2D eigenvalue weighted by atomic mass is 9.90. The Bertz CT molecular complexity index is 354. The largest absolute Gasteiger partial charge is 0.493 e. The molecule has 1 atom stereocenters. The molecule has 0 heterocycles. The van der Waals surface area contributed by atoms with E-state index in [0.717, 1.165) is 31.1 Å². The highest BCUT2D eigenvalue weighted by Gasteiger charge is 2.13. The van der Waals surface area contributed by atoms with Gasteiger partial charge in [0.2, 0.25) is 0 Å². The van der Waals surface area contributed by atoms with Crippen LogP contribution in [-0.2, 0) is 6.42 Å². The van der Waals surface area contributed by atoms with Gasteiger partial charge in [-0.1, -0.05) is 38.3 Å². The molecule has 1 aliphatic carbocycles. The van der Waals surface area contributed by atoms with Gasteiger partial charge in [0.05, 0.1) is 6.61 Å². The van der Waals surface area contributed by atoms with Crippen LogP contribution in [0.3, 0.4) is 0 Å². The van der Waals surface area contributed by atoms with Crippen molar-refractivity contribution in [3.05, 3.63) is 29.8 Å². The highest BCUT2D eigenvalue weighted by molar-refractivity contribution is 5.27. The third-order valence-electron chi connectivity index (χ3n) is 4.16. The molecule has 2 N–H and O–H groups in total. The Morgan fingerprint density at radius 3 is 2.47 bits per heavy atom. The molecule has 1 aromatic rings. The minimum Gasteiger partial charge on any atom is -0.493 e. The molecule has 2 rings (SSSR count). The maximum absolute atomic E-state index is 5.97. The summed E-state index contributed by atoms with van der Waals surface area (Å²) in [5.41, 5.74) is 7.27. The molecule has 1 saturated carbocycles. The summed E-state index contributed by atoms with van der Waals surface area (Å²) in [6.45, 7) is 3.01. The first-order valence-corrected chi connectivity index (χ1v) is 7.75. The molecule has 1 aliphatic rings. The first-order chi connectivity index (χ1) is 9.28. The number of benzene rings is 1. The van der Waals surface area contributed by atoms with Crippen LogP contribution in [0, 0.1) is 5.92 Å². The minimum absolute atomic E-state index is 0.272. The Labute approximate surface area is 117 Å². The average molecular weight is 261 g/mol. The predicted octanol–water partition coefficient (Wildman–Crippen LogP) is 3.93. The van der Waals surface area contributed by atoms with Crippen molar-refractivity contribution in [3.8, 4) is 5.75 Å². The lowest BCUT2D eigenvalue weighted by molar-refractivity contribution is 0.209. The summed E-state index contributed by atoms with van der Waals surface area (Å²) in [6.07, 6.45) is 8.82. The zero-order valence-corrected chi connectivity index (χ0v) is 12.1. The van der Waals surface area contributed by atoms with Gasteiger partial charge in [0.1, 0.15) is 5.75 Å². The van der Waals surface area contributed by atoms with Gasteiger partial charge in [0.25, 0.3) is 0 Å². The van der Waals surface area contributed by atoms with Crippen LogP contribution in [0.2, 0.25) is 0 Å². The quantitative estimate of drug-likeness (QED) is 0.842. The molecule has 0 aromatic heterocycles. The Kier molecular flexibility index (Phi) is 5.71. The maximum Gasteiger partial charge on any atom is 0.119 e. The number of nitrogens with two attached hydrogens (primary N) is 1. The van der Waals surface area contributed by atoms with Crippen LogP contribution in [0.15, 0.2) is 24.3 Å². The van der Waals surface area contributed by atoms with Crippen molar-refractivity contribution in [1.29, 1.82) is 0 Å². The number of hydrogen-bond donors (Lipinski definition) is 1. The maximum atomic E-state index is 5.97. The summed E-state index contributed by atoms with van der Waals surface area (Å²) in [6, 6.07) is 8.73. The van der Waals surface area contributed by atoms with Crippen LogP contribution < -0.4 is 10.5 Å². The monoisotopic (exact) mass is 261 g/mol. The van der Waals surface area contributed by atoms with Crippen molar-refractivity contribution in [3.63, 3.8) is 0 Å².